The third-order valence-corrected chi connectivity index (χ3v) is 3.85. The largest absolute Gasteiger partial charge is 0.494 e. The second-order valence-electron chi connectivity index (χ2n) is 5.98. The summed E-state index contributed by atoms with van der Waals surface area (Å²) in [4.78, 5) is 28.2. The summed E-state index contributed by atoms with van der Waals surface area (Å²) in [6.07, 6.45) is 5.45. The first kappa shape index (κ1) is 19.4. The van der Waals surface area contributed by atoms with Gasteiger partial charge in [0.2, 0.25) is 5.91 Å². The number of aromatic nitrogens is 1. The van der Waals surface area contributed by atoms with E-state index in [2.05, 4.69) is 22.5 Å². The maximum Gasteiger partial charge on any atom is 0.251 e. The summed E-state index contributed by atoms with van der Waals surface area (Å²) in [5.74, 6) is 0.182. The average Bonchev–Trinajstić information content (AvgIpc) is 2.67. The molecule has 1 heterocycles. The van der Waals surface area contributed by atoms with Crippen LogP contribution in [0.1, 0.15) is 48.7 Å². The molecule has 6 nitrogen and oxygen atoms in total. The summed E-state index contributed by atoms with van der Waals surface area (Å²) in [6.45, 7) is 4.55. The molecule has 26 heavy (non-hydrogen) atoms. The molecule has 1 aromatic carbocycles. The van der Waals surface area contributed by atoms with Gasteiger partial charge in [0, 0.05) is 18.0 Å². The van der Waals surface area contributed by atoms with E-state index in [-0.39, 0.29) is 24.4 Å². The van der Waals surface area contributed by atoms with Crippen molar-refractivity contribution in [3.05, 3.63) is 59.9 Å². The Balaban J connectivity index is 1.77. The molecular weight excluding hydrogens is 330 g/mol. The first-order chi connectivity index (χ1) is 12.6. The maximum atomic E-state index is 12.1. The number of carbonyl (C=O) groups is 2. The van der Waals surface area contributed by atoms with E-state index in [0.29, 0.717) is 12.2 Å². The monoisotopic (exact) mass is 355 g/mol. The van der Waals surface area contributed by atoms with Crippen LogP contribution in [0.2, 0.25) is 0 Å². The van der Waals surface area contributed by atoms with E-state index in [1.165, 1.54) is 0 Å². The normalized spacial score (nSPS) is 11.5. The summed E-state index contributed by atoms with van der Waals surface area (Å²) in [5.41, 5.74) is 1.40. The molecule has 0 bridgehead atoms. The average molecular weight is 355 g/mol. The van der Waals surface area contributed by atoms with Gasteiger partial charge in [-0.05, 0) is 49.2 Å². The van der Waals surface area contributed by atoms with Crippen LogP contribution in [0.25, 0.3) is 0 Å². The molecule has 0 saturated heterocycles. The molecule has 1 atom stereocenters. The number of rotatable bonds is 9. The number of hydrogen-bond donors (Lipinski definition) is 2. The Bertz CT molecular complexity index is 702. The highest BCUT2D eigenvalue weighted by atomic mass is 16.5. The third-order valence-electron chi connectivity index (χ3n) is 3.85. The molecule has 1 unspecified atom stereocenters. The molecule has 2 rings (SSSR count). The SMILES string of the molecule is CCCCOc1ccc(C(=O)NCC(=O)NC(C)c2cccnc2)cc1. The highest BCUT2D eigenvalue weighted by Gasteiger charge is 2.11. The van der Waals surface area contributed by atoms with Gasteiger partial charge < -0.3 is 15.4 Å². The van der Waals surface area contributed by atoms with E-state index in [1.54, 1.807) is 36.7 Å². The highest BCUT2D eigenvalue weighted by molar-refractivity contribution is 5.96. The first-order valence-electron chi connectivity index (χ1n) is 8.80. The number of amides is 2. The number of hydrogen-bond acceptors (Lipinski definition) is 4. The topological polar surface area (TPSA) is 80.3 Å². The highest BCUT2D eigenvalue weighted by Crippen LogP contribution is 2.13. The molecule has 138 valence electrons. The minimum atomic E-state index is -0.297. The molecule has 0 aliphatic rings. The minimum absolute atomic E-state index is 0.0851. The lowest BCUT2D eigenvalue weighted by Crippen LogP contribution is -2.38. The third kappa shape index (κ3) is 6.20. The number of nitrogens with one attached hydrogen (secondary N) is 2. The number of benzene rings is 1. The molecule has 0 aliphatic heterocycles. The van der Waals surface area contributed by atoms with Gasteiger partial charge in [-0.1, -0.05) is 19.4 Å². The Morgan fingerprint density at radius 1 is 1.19 bits per heavy atom. The summed E-state index contributed by atoms with van der Waals surface area (Å²) < 4.78 is 5.56. The van der Waals surface area contributed by atoms with Crippen LogP contribution in [0.4, 0.5) is 0 Å². The molecule has 6 heteroatoms. The van der Waals surface area contributed by atoms with Crippen LogP contribution in [-0.2, 0) is 4.79 Å². The summed E-state index contributed by atoms with van der Waals surface area (Å²) >= 11 is 0. The van der Waals surface area contributed by atoms with Gasteiger partial charge in [0.05, 0.1) is 19.2 Å². The van der Waals surface area contributed by atoms with Gasteiger partial charge in [0.15, 0.2) is 0 Å². The van der Waals surface area contributed by atoms with Gasteiger partial charge in [-0.25, -0.2) is 0 Å². The summed E-state index contributed by atoms with van der Waals surface area (Å²) in [6, 6.07) is 10.4. The molecule has 0 radical (unpaired) electrons. The fourth-order valence-corrected chi connectivity index (χ4v) is 2.31. The van der Waals surface area contributed by atoms with E-state index >= 15 is 0 Å². The molecule has 2 N–H and O–H groups in total. The van der Waals surface area contributed by atoms with Crippen LogP contribution in [0.3, 0.4) is 0 Å². The Hall–Kier alpha value is -2.89. The van der Waals surface area contributed by atoms with Crippen LogP contribution >= 0.6 is 0 Å². The van der Waals surface area contributed by atoms with Gasteiger partial charge in [-0.15, -0.1) is 0 Å². The fourth-order valence-electron chi connectivity index (χ4n) is 2.31. The Labute approximate surface area is 154 Å². The smallest absolute Gasteiger partial charge is 0.251 e. The number of nitrogens with zero attached hydrogens (tertiary/aromatic N) is 1. The summed E-state index contributed by atoms with van der Waals surface area (Å²) in [7, 11) is 0. The van der Waals surface area contributed by atoms with Gasteiger partial charge in [-0.2, -0.15) is 0 Å². The molecule has 2 amide bonds. The first-order valence-corrected chi connectivity index (χ1v) is 8.80. The zero-order chi connectivity index (χ0) is 18.8. The predicted octanol–water partition coefficient (Wildman–Crippen LogP) is 2.87. The lowest BCUT2D eigenvalue weighted by atomic mass is 10.1. The quantitative estimate of drug-likeness (QED) is 0.678. The summed E-state index contributed by atoms with van der Waals surface area (Å²) in [5, 5.41) is 5.45. The van der Waals surface area contributed by atoms with Gasteiger partial charge in [-0.3, -0.25) is 14.6 Å². The van der Waals surface area contributed by atoms with Crippen molar-refractivity contribution in [2.24, 2.45) is 0 Å². The van der Waals surface area contributed by atoms with E-state index in [1.807, 2.05) is 19.1 Å². The van der Waals surface area contributed by atoms with Crippen LogP contribution in [0.5, 0.6) is 5.75 Å². The maximum absolute atomic E-state index is 12.1. The van der Waals surface area contributed by atoms with Crippen molar-refractivity contribution < 1.29 is 14.3 Å². The second kappa shape index (κ2) is 10.2. The zero-order valence-corrected chi connectivity index (χ0v) is 15.2. The Morgan fingerprint density at radius 3 is 2.62 bits per heavy atom. The van der Waals surface area contributed by atoms with Crippen LogP contribution in [0, 0.1) is 0 Å². The number of pyridine rings is 1. The number of unbranched alkanes of at least 4 members (excludes halogenated alkanes) is 1. The van der Waals surface area contributed by atoms with Crippen molar-refractivity contribution >= 4 is 11.8 Å². The Morgan fingerprint density at radius 2 is 1.96 bits per heavy atom. The lowest BCUT2D eigenvalue weighted by Gasteiger charge is -2.14. The van der Waals surface area contributed by atoms with Crippen molar-refractivity contribution in [2.45, 2.75) is 32.7 Å². The van der Waals surface area contributed by atoms with Crippen molar-refractivity contribution in [1.82, 2.24) is 15.6 Å². The van der Waals surface area contributed by atoms with E-state index in [9.17, 15) is 9.59 Å². The number of carbonyl (C=O) groups excluding carboxylic acids is 2. The van der Waals surface area contributed by atoms with Crippen molar-refractivity contribution in [2.75, 3.05) is 13.2 Å². The van der Waals surface area contributed by atoms with Gasteiger partial charge in [0.25, 0.3) is 5.91 Å². The second-order valence-corrected chi connectivity index (χ2v) is 5.98. The predicted molar refractivity (Wildman–Crippen MR) is 100.0 cm³/mol. The van der Waals surface area contributed by atoms with E-state index in [0.717, 1.165) is 24.2 Å². The molecule has 1 aromatic heterocycles. The lowest BCUT2D eigenvalue weighted by molar-refractivity contribution is -0.120. The van der Waals surface area contributed by atoms with E-state index < -0.39 is 0 Å². The molecule has 0 spiro atoms. The Kier molecular flexibility index (Phi) is 7.61. The van der Waals surface area contributed by atoms with Gasteiger partial charge >= 0.3 is 0 Å². The van der Waals surface area contributed by atoms with Crippen molar-refractivity contribution in [3.63, 3.8) is 0 Å². The zero-order valence-electron chi connectivity index (χ0n) is 15.2. The molecule has 0 aliphatic carbocycles. The standard InChI is InChI=1S/C20H25N3O3/c1-3-4-12-26-18-9-7-16(8-10-18)20(25)22-14-19(24)23-15(2)17-6-5-11-21-13-17/h5-11,13,15H,3-4,12,14H2,1-2H3,(H,22,25)(H,23,24). The van der Waals surface area contributed by atoms with Crippen LogP contribution in [0.15, 0.2) is 48.8 Å². The van der Waals surface area contributed by atoms with Gasteiger partial charge in [0.1, 0.15) is 5.75 Å². The fraction of sp³-hybridized carbons (Fsp3) is 0.350. The number of ether oxygens (including phenoxy) is 1. The van der Waals surface area contributed by atoms with E-state index in [4.69, 9.17) is 4.74 Å². The molecule has 0 saturated carbocycles. The van der Waals surface area contributed by atoms with Crippen molar-refractivity contribution in [1.29, 1.82) is 0 Å². The molecular formula is C20H25N3O3. The minimum Gasteiger partial charge on any atom is -0.494 e. The van der Waals surface area contributed by atoms with Crippen molar-refractivity contribution in [3.8, 4) is 5.75 Å². The molecule has 0 fully saturated rings. The molecule has 2 aromatic rings. The van der Waals surface area contributed by atoms with Crippen LogP contribution in [-0.4, -0.2) is 29.9 Å². The van der Waals surface area contributed by atoms with Crippen LogP contribution < -0.4 is 15.4 Å².